The highest BCUT2D eigenvalue weighted by Gasteiger charge is 2.32. The van der Waals surface area contributed by atoms with Crippen LogP contribution in [0.4, 0.5) is 0 Å². The van der Waals surface area contributed by atoms with Gasteiger partial charge >= 0.3 is 0 Å². The highest BCUT2D eigenvalue weighted by molar-refractivity contribution is 7.99. The molecular weight excluding hydrogens is 582 g/mol. The average Bonchev–Trinajstić information content (AvgIpc) is 2.84. The van der Waals surface area contributed by atoms with Gasteiger partial charge in [0.2, 0.25) is 11.8 Å². The Labute approximate surface area is 249 Å². The van der Waals surface area contributed by atoms with Crippen LogP contribution in [-0.2, 0) is 28.3 Å². The highest BCUT2D eigenvalue weighted by atomic mass is 35.5. The molecule has 9 heteroatoms. The quantitative estimate of drug-likeness (QED) is 0.252. The minimum absolute atomic E-state index is 0.136. The van der Waals surface area contributed by atoms with Crippen LogP contribution in [0, 0.1) is 0 Å². The second-order valence-electron chi connectivity index (χ2n) is 9.91. The zero-order valence-electron chi connectivity index (χ0n) is 21.4. The average molecular weight is 612 g/mol. The number of nitrogens with one attached hydrogen (secondary N) is 1. The molecule has 0 aromatic heterocycles. The maximum absolute atomic E-state index is 13.8. The number of nitrogens with zero attached hydrogens (tertiary/aromatic N) is 1. The predicted octanol–water partition coefficient (Wildman–Crippen LogP) is 8.09. The lowest BCUT2D eigenvalue weighted by Gasteiger charge is -2.34. The van der Waals surface area contributed by atoms with E-state index in [-0.39, 0.29) is 24.1 Å². The number of rotatable bonds is 10. The molecule has 0 fully saturated rings. The monoisotopic (exact) mass is 610 g/mol. The Bertz CT molecular complexity index is 1240. The Hall–Kier alpha value is -1.89. The summed E-state index contributed by atoms with van der Waals surface area (Å²) in [5, 5.41) is 4.97. The first-order valence-corrected chi connectivity index (χ1v) is 14.7. The van der Waals surface area contributed by atoms with Gasteiger partial charge in [-0.3, -0.25) is 9.59 Å². The maximum Gasteiger partial charge on any atom is 0.243 e. The molecule has 1 N–H and O–H groups in total. The predicted molar refractivity (Wildman–Crippen MR) is 161 cm³/mol. The molecule has 0 saturated carbocycles. The van der Waals surface area contributed by atoms with Crippen LogP contribution >= 0.6 is 58.2 Å². The molecule has 0 bridgehead atoms. The van der Waals surface area contributed by atoms with Crippen LogP contribution in [0.25, 0.3) is 0 Å². The molecular formula is C29H30Cl4N2O2S. The number of carbonyl (C=O) groups is 2. The molecule has 0 spiro atoms. The molecule has 3 aromatic rings. The lowest BCUT2D eigenvalue weighted by Crippen LogP contribution is -2.54. The smallest absolute Gasteiger partial charge is 0.243 e. The second-order valence-corrected chi connectivity index (χ2v) is 12.5. The van der Waals surface area contributed by atoms with Crippen LogP contribution in [-0.4, -0.2) is 34.0 Å². The summed E-state index contributed by atoms with van der Waals surface area (Å²) in [6.45, 7) is 5.94. The fourth-order valence-corrected chi connectivity index (χ4v) is 5.80. The summed E-state index contributed by atoms with van der Waals surface area (Å²) >= 11 is 26.4. The Balaban J connectivity index is 1.91. The summed E-state index contributed by atoms with van der Waals surface area (Å²) < 4.78 is 0. The summed E-state index contributed by atoms with van der Waals surface area (Å²) in [4.78, 5) is 29.0. The third-order valence-corrected chi connectivity index (χ3v) is 8.03. The highest BCUT2D eigenvalue weighted by Crippen LogP contribution is 2.29. The second kappa shape index (κ2) is 14.0. The van der Waals surface area contributed by atoms with E-state index in [1.54, 1.807) is 35.2 Å². The van der Waals surface area contributed by atoms with E-state index in [2.05, 4.69) is 5.32 Å². The largest absolute Gasteiger partial charge is 0.350 e. The molecule has 0 heterocycles. The number of amides is 2. The number of halogens is 4. The number of thioether (sulfide) groups is 1. The van der Waals surface area contributed by atoms with Gasteiger partial charge < -0.3 is 10.2 Å². The molecule has 202 valence electrons. The van der Waals surface area contributed by atoms with Crippen molar-refractivity contribution in [1.82, 2.24) is 10.2 Å². The standard InChI is InChI=1S/C29H30Cl4N2O2S/c1-29(2,3)34-28(37)26(15-19-8-5-4-6-9-19)35(16-20-12-13-24(32)25(33)14-20)27(36)18-38-17-21-22(30)10-7-11-23(21)31/h4-14,26H,15-18H2,1-3H3,(H,34,37). The Morgan fingerprint density at radius 1 is 0.842 bits per heavy atom. The molecule has 0 saturated heterocycles. The van der Waals surface area contributed by atoms with Crippen LogP contribution in [0.5, 0.6) is 0 Å². The van der Waals surface area contributed by atoms with E-state index in [0.717, 1.165) is 16.7 Å². The van der Waals surface area contributed by atoms with E-state index in [1.165, 1.54) is 11.8 Å². The Kier molecular flexibility index (Phi) is 11.3. The summed E-state index contributed by atoms with van der Waals surface area (Å²) in [5.74, 6) is 0.183. The van der Waals surface area contributed by atoms with Crippen LogP contribution in [0.3, 0.4) is 0 Å². The van der Waals surface area contributed by atoms with E-state index < -0.39 is 11.6 Å². The minimum Gasteiger partial charge on any atom is -0.350 e. The fraction of sp³-hybridized carbons (Fsp3) is 0.310. The number of carbonyl (C=O) groups excluding carboxylic acids is 2. The van der Waals surface area contributed by atoms with E-state index in [9.17, 15) is 9.59 Å². The van der Waals surface area contributed by atoms with Gasteiger partial charge in [0, 0.05) is 34.3 Å². The number of benzene rings is 3. The van der Waals surface area contributed by atoms with Gasteiger partial charge in [-0.15, -0.1) is 11.8 Å². The zero-order valence-corrected chi connectivity index (χ0v) is 25.3. The lowest BCUT2D eigenvalue weighted by molar-refractivity contribution is -0.140. The first kappa shape index (κ1) is 30.6. The fourth-order valence-electron chi connectivity index (χ4n) is 3.84. The van der Waals surface area contributed by atoms with Gasteiger partial charge in [-0.05, 0) is 61.7 Å². The lowest BCUT2D eigenvalue weighted by atomic mass is 10.0. The first-order valence-electron chi connectivity index (χ1n) is 12.0. The SMILES string of the molecule is CC(C)(C)NC(=O)C(Cc1ccccc1)N(Cc1ccc(Cl)c(Cl)c1)C(=O)CSCc1c(Cl)cccc1Cl. The van der Waals surface area contributed by atoms with Gasteiger partial charge in [0.15, 0.2) is 0 Å². The van der Waals surface area contributed by atoms with Crippen LogP contribution in [0.15, 0.2) is 66.7 Å². The molecule has 38 heavy (non-hydrogen) atoms. The van der Waals surface area contributed by atoms with Crippen molar-refractivity contribution in [2.24, 2.45) is 0 Å². The topological polar surface area (TPSA) is 49.4 Å². The molecule has 1 unspecified atom stereocenters. The van der Waals surface area contributed by atoms with E-state index in [1.807, 2.05) is 57.2 Å². The Morgan fingerprint density at radius 2 is 1.50 bits per heavy atom. The van der Waals surface area contributed by atoms with Crippen molar-refractivity contribution in [3.05, 3.63) is 104 Å². The molecule has 0 aliphatic rings. The summed E-state index contributed by atoms with van der Waals surface area (Å²) in [6, 6.07) is 19.5. The molecule has 3 aromatic carbocycles. The van der Waals surface area contributed by atoms with E-state index in [0.29, 0.717) is 32.3 Å². The molecule has 2 amide bonds. The molecule has 0 radical (unpaired) electrons. The molecule has 0 aliphatic carbocycles. The zero-order chi connectivity index (χ0) is 27.9. The number of hydrogen-bond acceptors (Lipinski definition) is 3. The van der Waals surface area contributed by atoms with Crippen LogP contribution in [0.1, 0.15) is 37.5 Å². The van der Waals surface area contributed by atoms with Crippen molar-refractivity contribution in [3.63, 3.8) is 0 Å². The van der Waals surface area contributed by atoms with Gasteiger partial charge in [0.25, 0.3) is 0 Å². The summed E-state index contributed by atoms with van der Waals surface area (Å²) in [6.07, 6.45) is 0.358. The van der Waals surface area contributed by atoms with Crippen LogP contribution < -0.4 is 5.32 Å². The third kappa shape index (κ3) is 9.10. The summed E-state index contributed by atoms with van der Waals surface area (Å²) in [5.41, 5.74) is 2.02. The van der Waals surface area contributed by atoms with Crippen molar-refractivity contribution >= 4 is 70.0 Å². The van der Waals surface area contributed by atoms with Crippen molar-refractivity contribution < 1.29 is 9.59 Å². The van der Waals surface area contributed by atoms with Gasteiger partial charge in [-0.2, -0.15) is 0 Å². The van der Waals surface area contributed by atoms with Crippen molar-refractivity contribution in [2.45, 2.75) is 51.1 Å². The van der Waals surface area contributed by atoms with Crippen molar-refractivity contribution in [1.29, 1.82) is 0 Å². The first-order chi connectivity index (χ1) is 17.9. The van der Waals surface area contributed by atoms with Gasteiger partial charge in [-0.1, -0.05) is 88.9 Å². The van der Waals surface area contributed by atoms with Gasteiger partial charge in [0.05, 0.1) is 15.8 Å². The summed E-state index contributed by atoms with van der Waals surface area (Å²) in [7, 11) is 0. The maximum atomic E-state index is 13.8. The minimum atomic E-state index is -0.747. The normalized spacial score (nSPS) is 12.2. The van der Waals surface area contributed by atoms with Crippen molar-refractivity contribution in [2.75, 3.05) is 5.75 Å². The van der Waals surface area contributed by atoms with Gasteiger partial charge in [-0.25, -0.2) is 0 Å². The molecule has 3 rings (SSSR count). The van der Waals surface area contributed by atoms with E-state index >= 15 is 0 Å². The van der Waals surface area contributed by atoms with Crippen molar-refractivity contribution in [3.8, 4) is 0 Å². The molecule has 1 atom stereocenters. The molecule has 4 nitrogen and oxygen atoms in total. The number of hydrogen-bond donors (Lipinski definition) is 1. The Morgan fingerprint density at radius 3 is 2.11 bits per heavy atom. The van der Waals surface area contributed by atoms with Crippen LogP contribution in [0.2, 0.25) is 20.1 Å². The third-order valence-electron chi connectivity index (χ3n) is 5.64. The molecule has 0 aliphatic heterocycles. The van der Waals surface area contributed by atoms with Gasteiger partial charge in [0.1, 0.15) is 6.04 Å². The van der Waals surface area contributed by atoms with E-state index in [4.69, 9.17) is 46.4 Å².